The van der Waals surface area contributed by atoms with Gasteiger partial charge in [0.15, 0.2) is 0 Å². The van der Waals surface area contributed by atoms with Crippen molar-refractivity contribution in [2.24, 2.45) is 0 Å². The molecule has 0 bridgehead atoms. The van der Waals surface area contributed by atoms with Crippen molar-refractivity contribution in [1.29, 1.82) is 0 Å². The van der Waals surface area contributed by atoms with E-state index in [0.29, 0.717) is 5.69 Å². The Bertz CT molecular complexity index is 1290. The van der Waals surface area contributed by atoms with Crippen LogP contribution in [-0.2, 0) is 11.3 Å². The molecule has 0 aliphatic rings. The number of anilines is 1. The number of rotatable bonds is 4. The van der Waals surface area contributed by atoms with Gasteiger partial charge in [-0.25, -0.2) is 13.6 Å². The van der Waals surface area contributed by atoms with Crippen LogP contribution in [0.15, 0.2) is 64.1 Å². The van der Waals surface area contributed by atoms with Gasteiger partial charge in [-0.15, -0.1) is 0 Å². The van der Waals surface area contributed by atoms with Gasteiger partial charge < -0.3 is 5.32 Å². The maximum Gasteiger partial charge on any atom is 0.293 e. The molecule has 4 rings (SSSR count). The van der Waals surface area contributed by atoms with Crippen molar-refractivity contribution in [1.82, 2.24) is 19.4 Å². The summed E-state index contributed by atoms with van der Waals surface area (Å²) in [6.07, 6.45) is 1.36. The minimum atomic E-state index is -0.523. The van der Waals surface area contributed by atoms with Crippen molar-refractivity contribution in [2.75, 3.05) is 5.32 Å². The van der Waals surface area contributed by atoms with Gasteiger partial charge in [-0.2, -0.15) is 10.2 Å². The summed E-state index contributed by atoms with van der Waals surface area (Å²) in [5.74, 6) is -1.04. The molecule has 10 heteroatoms. The van der Waals surface area contributed by atoms with E-state index >= 15 is 0 Å². The predicted molar refractivity (Wildman–Crippen MR) is 110 cm³/mol. The molecule has 0 fully saturated rings. The standard InChI is InChI=1S/C19H12BrClFN5O2/c20-12-3-1-11(2-4-12)16-8-17-19(29)26(23-10-27(17)25-16)9-18(28)24-15-6-5-13(22)7-14(15)21/h1-8,10H,9H2,(H,24,28). The highest BCUT2D eigenvalue weighted by Gasteiger charge is 2.13. The van der Waals surface area contributed by atoms with Gasteiger partial charge in [0, 0.05) is 10.0 Å². The molecule has 2 heterocycles. The Kier molecular flexibility index (Phi) is 5.16. The number of nitrogens with one attached hydrogen (secondary N) is 1. The Balaban J connectivity index is 1.59. The zero-order valence-electron chi connectivity index (χ0n) is 14.6. The SMILES string of the molecule is O=C(Cn1ncn2nc(-c3ccc(Br)cc3)cc2c1=O)Nc1ccc(F)cc1Cl. The molecule has 29 heavy (non-hydrogen) atoms. The molecule has 0 radical (unpaired) electrons. The van der Waals surface area contributed by atoms with Crippen LogP contribution in [0.3, 0.4) is 0 Å². The third-order valence-corrected chi connectivity index (χ3v) is 4.97. The molecular weight excluding hydrogens is 465 g/mol. The monoisotopic (exact) mass is 475 g/mol. The maximum absolute atomic E-state index is 13.1. The second-order valence-electron chi connectivity index (χ2n) is 6.13. The highest BCUT2D eigenvalue weighted by atomic mass is 79.9. The number of aromatic nitrogens is 4. The minimum absolute atomic E-state index is 0.0593. The lowest BCUT2D eigenvalue weighted by Gasteiger charge is -2.08. The highest BCUT2D eigenvalue weighted by molar-refractivity contribution is 9.10. The summed E-state index contributed by atoms with van der Waals surface area (Å²) >= 11 is 9.28. The average molecular weight is 477 g/mol. The molecule has 0 unspecified atom stereocenters. The van der Waals surface area contributed by atoms with Crippen LogP contribution in [0.25, 0.3) is 16.8 Å². The third-order valence-electron chi connectivity index (χ3n) is 4.13. The molecule has 146 valence electrons. The van der Waals surface area contributed by atoms with Gasteiger partial charge in [0.05, 0.1) is 16.4 Å². The molecule has 0 spiro atoms. The number of carbonyl (C=O) groups excluding carboxylic acids is 1. The normalized spacial score (nSPS) is 11.0. The molecular formula is C19H12BrClFN5O2. The van der Waals surface area contributed by atoms with Gasteiger partial charge in [0.1, 0.15) is 24.2 Å². The lowest BCUT2D eigenvalue weighted by Crippen LogP contribution is -2.30. The fraction of sp³-hybridized carbons (Fsp3) is 0.0526. The van der Waals surface area contributed by atoms with Crippen molar-refractivity contribution < 1.29 is 9.18 Å². The summed E-state index contributed by atoms with van der Waals surface area (Å²) in [7, 11) is 0. The Hall–Kier alpha value is -3.04. The number of halogens is 3. The highest BCUT2D eigenvalue weighted by Crippen LogP contribution is 2.22. The Morgan fingerprint density at radius 2 is 1.93 bits per heavy atom. The molecule has 0 aliphatic carbocycles. The quantitative estimate of drug-likeness (QED) is 0.486. The van der Waals surface area contributed by atoms with Crippen LogP contribution < -0.4 is 10.9 Å². The summed E-state index contributed by atoms with van der Waals surface area (Å²) in [5.41, 5.74) is 1.51. The van der Waals surface area contributed by atoms with E-state index in [1.165, 1.54) is 23.0 Å². The van der Waals surface area contributed by atoms with Crippen LogP contribution in [0, 0.1) is 5.82 Å². The van der Waals surface area contributed by atoms with E-state index in [2.05, 4.69) is 31.4 Å². The largest absolute Gasteiger partial charge is 0.323 e. The fourth-order valence-corrected chi connectivity index (χ4v) is 3.21. The molecule has 0 aliphatic heterocycles. The first-order valence-corrected chi connectivity index (χ1v) is 9.54. The van der Waals surface area contributed by atoms with Crippen molar-refractivity contribution in [3.8, 4) is 11.3 Å². The van der Waals surface area contributed by atoms with Gasteiger partial charge in [-0.3, -0.25) is 9.59 Å². The second kappa shape index (κ2) is 7.76. The topological polar surface area (TPSA) is 81.3 Å². The summed E-state index contributed by atoms with van der Waals surface area (Å²) in [6, 6.07) is 12.7. The number of fused-ring (bicyclic) bond motifs is 1. The average Bonchev–Trinajstić information content (AvgIpc) is 3.12. The van der Waals surface area contributed by atoms with Crippen LogP contribution in [0.4, 0.5) is 10.1 Å². The maximum atomic E-state index is 13.1. The van der Waals surface area contributed by atoms with Crippen LogP contribution >= 0.6 is 27.5 Å². The van der Waals surface area contributed by atoms with Gasteiger partial charge in [-0.1, -0.05) is 39.7 Å². The van der Waals surface area contributed by atoms with Crippen molar-refractivity contribution in [2.45, 2.75) is 6.54 Å². The van der Waals surface area contributed by atoms with E-state index in [9.17, 15) is 14.0 Å². The fourth-order valence-electron chi connectivity index (χ4n) is 2.73. The number of amides is 1. The molecule has 1 N–H and O–H groups in total. The minimum Gasteiger partial charge on any atom is -0.323 e. The molecule has 0 saturated heterocycles. The number of hydrogen-bond donors (Lipinski definition) is 1. The van der Waals surface area contributed by atoms with Crippen molar-refractivity contribution >= 4 is 44.6 Å². The Morgan fingerprint density at radius 1 is 1.17 bits per heavy atom. The van der Waals surface area contributed by atoms with Gasteiger partial charge >= 0.3 is 0 Å². The molecule has 4 aromatic rings. The van der Waals surface area contributed by atoms with Crippen LogP contribution in [0.2, 0.25) is 5.02 Å². The molecule has 0 saturated carbocycles. The Morgan fingerprint density at radius 3 is 2.66 bits per heavy atom. The third kappa shape index (κ3) is 4.06. The van der Waals surface area contributed by atoms with E-state index in [1.807, 2.05) is 24.3 Å². The molecule has 2 aromatic heterocycles. The molecule has 1 amide bonds. The second-order valence-corrected chi connectivity index (χ2v) is 7.46. The number of benzene rings is 2. The van der Waals surface area contributed by atoms with Crippen LogP contribution in [0.1, 0.15) is 0 Å². The molecule has 2 aromatic carbocycles. The van der Waals surface area contributed by atoms with Crippen molar-refractivity contribution in [3.63, 3.8) is 0 Å². The van der Waals surface area contributed by atoms with Gasteiger partial charge in [0.2, 0.25) is 5.91 Å². The Labute approximate surface area is 176 Å². The van der Waals surface area contributed by atoms with E-state index in [0.717, 1.165) is 20.8 Å². The van der Waals surface area contributed by atoms with Crippen LogP contribution in [-0.4, -0.2) is 25.3 Å². The van der Waals surface area contributed by atoms with E-state index in [-0.39, 0.29) is 22.8 Å². The zero-order valence-corrected chi connectivity index (χ0v) is 17.0. The summed E-state index contributed by atoms with van der Waals surface area (Å²) in [4.78, 5) is 25.0. The van der Waals surface area contributed by atoms with Gasteiger partial charge in [0.25, 0.3) is 5.56 Å². The van der Waals surface area contributed by atoms with E-state index in [1.54, 1.807) is 6.07 Å². The number of carbonyl (C=O) groups is 1. The predicted octanol–water partition coefficient (Wildman–Crippen LogP) is 3.75. The number of nitrogens with zero attached hydrogens (tertiary/aromatic N) is 4. The number of hydrogen-bond acceptors (Lipinski definition) is 4. The van der Waals surface area contributed by atoms with E-state index < -0.39 is 17.3 Å². The lowest BCUT2D eigenvalue weighted by molar-refractivity contribution is -0.117. The molecule has 7 nitrogen and oxygen atoms in total. The zero-order chi connectivity index (χ0) is 20.5. The summed E-state index contributed by atoms with van der Waals surface area (Å²) < 4.78 is 16.4. The summed E-state index contributed by atoms with van der Waals surface area (Å²) in [5, 5.41) is 10.9. The summed E-state index contributed by atoms with van der Waals surface area (Å²) in [6.45, 7) is -0.332. The first-order valence-electron chi connectivity index (χ1n) is 8.37. The van der Waals surface area contributed by atoms with Crippen LogP contribution in [0.5, 0.6) is 0 Å². The first kappa shape index (κ1) is 19.3. The van der Waals surface area contributed by atoms with Crippen molar-refractivity contribution in [3.05, 3.63) is 80.5 Å². The first-order chi connectivity index (χ1) is 13.9. The molecule has 0 atom stereocenters. The smallest absolute Gasteiger partial charge is 0.293 e. The van der Waals surface area contributed by atoms with Gasteiger partial charge in [-0.05, 0) is 36.4 Å². The lowest BCUT2D eigenvalue weighted by atomic mass is 10.1. The van der Waals surface area contributed by atoms with E-state index in [4.69, 9.17) is 11.6 Å².